The van der Waals surface area contributed by atoms with Gasteiger partial charge in [-0.3, -0.25) is 0 Å². The van der Waals surface area contributed by atoms with Crippen molar-refractivity contribution in [1.82, 2.24) is 10.0 Å². The highest BCUT2D eigenvalue weighted by Gasteiger charge is 2.12. The van der Waals surface area contributed by atoms with Crippen molar-refractivity contribution in [1.29, 1.82) is 0 Å². The maximum atomic E-state index is 13.5. The topological polar surface area (TPSA) is 58.2 Å². The molecule has 2 aromatic rings. The van der Waals surface area contributed by atoms with Crippen LogP contribution >= 0.6 is 0 Å². The first kappa shape index (κ1) is 19.6. The molecule has 136 valence electrons. The van der Waals surface area contributed by atoms with E-state index >= 15 is 0 Å². The van der Waals surface area contributed by atoms with Crippen LogP contribution in [0.1, 0.15) is 36.1 Å². The molecular weight excluding hydrogens is 339 g/mol. The molecule has 0 spiro atoms. The predicted molar refractivity (Wildman–Crippen MR) is 99.0 cm³/mol. The van der Waals surface area contributed by atoms with Crippen molar-refractivity contribution < 1.29 is 12.8 Å². The first-order chi connectivity index (χ1) is 11.7. The number of hydrogen-bond donors (Lipinski definition) is 2. The molecule has 0 fully saturated rings. The summed E-state index contributed by atoms with van der Waals surface area (Å²) >= 11 is 0. The number of sulfonamides is 1. The Morgan fingerprint density at radius 1 is 0.960 bits per heavy atom. The van der Waals surface area contributed by atoms with Gasteiger partial charge in [-0.05, 0) is 49.1 Å². The van der Waals surface area contributed by atoms with Gasteiger partial charge in [0.1, 0.15) is 5.82 Å². The first-order valence-corrected chi connectivity index (χ1v) is 9.94. The van der Waals surface area contributed by atoms with Crippen LogP contribution in [0.15, 0.2) is 42.5 Å². The molecule has 2 N–H and O–H groups in total. The smallest absolute Gasteiger partial charge is 0.216 e. The van der Waals surface area contributed by atoms with E-state index < -0.39 is 10.0 Å². The Bertz CT molecular complexity index is 803. The summed E-state index contributed by atoms with van der Waals surface area (Å²) in [6, 6.07) is 12.6. The number of rotatable bonds is 8. The third kappa shape index (κ3) is 6.57. The van der Waals surface area contributed by atoms with E-state index in [9.17, 15) is 12.8 Å². The zero-order chi connectivity index (χ0) is 18.4. The predicted octanol–water partition coefficient (Wildman–Crippen LogP) is 3.25. The Morgan fingerprint density at radius 2 is 1.52 bits per heavy atom. The minimum absolute atomic E-state index is 0.0263. The fourth-order valence-electron chi connectivity index (χ4n) is 2.47. The fourth-order valence-corrected chi connectivity index (χ4v) is 3.90. The standard InChI is InChI=1S/C19H25FN2O2S/c1-14(2)22-25(23,24)13-17-8-6-16(7-9-17)11-21-12-18-5-4-15(3)19(20)10-18/h4-10,14,21-22H,11-13H2,1-3H3. The van der Waals surface area contributed by atoms with Crippen LogP contribution in [-0.2, 0) is 28.9 Å². The quantitative estimate of drug-likeness (QED) is 0.756. The lowest BCUT2D eigenvalue weighted by molar-refractivity contribution is 0.569. The molecule has 0 radical (unpaired) electrons. The maximum absolute atomic E-state index is 13.5. The van der Waals surface area contributed by atoms with Crippen LogP contribution in [0, 0.1) is 12.7 Å². The zero-order valence-corrected chi connectivity index (χ0v) is 15.7. The number of halogens is 1. The normalized spacial score (nSPS) is 11.9. The highest BCUT2D eigenvalue weighted by atomic mass is 32.2. The number of nitrogens with one attached hydrogen (secondary N) is 2. The molecule has 0 heterocycles. The average molecular weight is 364 g/mol. The van der Waals surface area contributed by atoms with E-state index in [1.54, 1.807) is 26.8 Å². The molecule has 0 unspecified atom stereocenters. The molecule has 0 bridgehead atoms. The minimum atomic E-state index is -3.31. The van der Waals surface area contributed by atoms with Crippen LogP contribution in [0.5, 0.6) is 0 Å². The van der Waals surface area contributed by atoms with Crippen LogP contribution in [-0.4, -0.2) is 14.5 Å². The molecule has 2 rings (SSSR count). The summed E-state index contributed by atoms with van der Waals surface area (Å²) in [5, 5.41) is 3.26. The Hall–Kier alpha value is -1.76. The molecule has 0 aliphatic carbocycles. The van der Waals surface area contributed by atoms with E-state index in [0.29, 0.717) is 18.7 Å². The Labute approximate surface area is 149 Å². The molecule has 0 amide bonds. The Morgan fingerprint density at radius 3 is 2.12 bits per heavy atom. The molecular formula is C19H25FN2O2S. The van der Waals surface area contributed by atoms with Crippen LogP contribution in [0.25, 0.3) is 0 Å². The fraction of sp³-hybridized carbons (Fsp3) is 0.368. The van der Waals surface area contributed by atoms with Crippen molar-refractivity contribution in [3.8, 4) is 0 Å². The molecule has 0 atom stereocenters. The molecule has 0 aromatic heterocycles. The van der Waals surface area contributed by atoms with Crippen molar-refractivity contribution in [3.05, 3.63) is 70.5 Å². The molecule has 0 aliphatic rings. The van der Waals surface area contributed by atoms with Crippen LogP contribution in [0.3, 0.4) is 0 Å². The third-order valence-electron chi connectivity index (χ3n) is 3.69. The van der Waals surface area contributed by atoms with Crippen LogP contribution in [0.4, 0.5) is 4.39 Å². The van der Waals surface area contributed by atoms with Gasteiger partial charge >= 0.3 is 0 Å². The van der Waals surface area contributed by atoms with Gasteiger partial charge in [0.05, 0.1) is 5.75 Å². The van der Waals surface area contributed by atoms with E-state index in [1.807, 2.05) is 30.3 Å². The molecule has 2 aromatic carbocycles. The van der Waals surface area contributed by atoms with Gasteiger partial charge in [0, 0.05) is 19.1 Å². The second-order valence-electron chi connectivity index (χ2n) is 6.54. The van der Waals surface area contributed by atoms with Gasteiger partial charge in [0.2, 0.25) is 10.0 Å². The second kappa shape index (κ2) is 8.56. The van der Waals surface area contributed by atoms with Gasteiger partial charge in [0.15, 0.2) is 0 Å². The lowest BCUT2D eigenvalue weighted by Crippen LogP contribution is -2.31. The average Bonchev–Trinajstić information content (AvgIpc) is 2.51. The largest absolute Gasteiger partial charge is 0.309 e. The summed E-state index contributed by atoms with van der Waals surface area (Å²) in [6.45, 7) is 6.54. The summed E-state index contributed by atoms with van der Waals surface area (Å²) in [5.74, 6) is -0.221. The highest BCUT2D eigenvalue weighted by Crippen LogP contribution is 2.11. The van der Waals surface area contributed by atoms with E-state index in [0.717, 1.165) is 16.7 Å². The van der Waals surface area contributed by atoms with Crippen LogP contribution in [0.2, 0.25) is 0 Å². The van der Waals surface area contributed by atoms with E-state index in [2.05, 4.69) is 10.0 Å². The van der Waals surface area contributed by atoms with Crippen molar-refractivity contribution in [2.45, 2.75) is 45.7 Å². The van der Waals surface area contributed by atoms with Gasteiger partial charge in [0.25, 0.3) is 0 Å². The van der Waals surface area contributed by atoms with Gasteiger partial charge in [-0.25, -0.2) is 17.5 Å². The van der Waals surface area contributed by atoms with E-state index in [-0.39, 0.29) is 17.6 Å². The molecule has 25 heavy (non-hydrogen) atoms. The lowest BCUT2D eigenvalue weighted by Gasteiger charge is -2.10. The molecule has 4 nitrogen and oxygen atoms in total. The summed E-state index contributed by atoms with van der Waals surface area (Å²) in [7, 11) is -3.31. The second-order valence-corrected chi connectivity index (χ2v) is 8.29. The monoisotopic (exact) mass is 364 g/mol. The van der Waals surface area contributed by atoms with Crippen molar-refractivity contribution in [3.63, 3.8) is 0 Å². The molecule has 0 saturated heterocycles. The lowest BCUT2D eigenvalue weighted by atomic mass is 10.1. The van der Waals surface area contributed by atoms with Crippen molar-refractivity contribution in [2.75, 3.05) is 0 Å². The molecule has 0 aliphatic heterocycles. The maximum Gasteiger partial charge on any atom is 0.216 e. The highest BCUT2D eigenvalue weighted by molar-refractivity contribution is 7.88. The van der Waals surface area contributed by atoms with Gasteiger partial charge in [-0.2, -0.15) is 0 Å². The van der Waals surface area contributed by atoms with Gasteiger partial charge in [-0.1, -0.05) is 36.4 Å². The zero-order valence-electron chi connectivity index (χ0n) is 14.8. The summed E-state index contributed by atoms with van der Waals surface area (Å²) in [6.07, 6.45) is 0. The number of aryl methyl sites for hydroxylation is 1. The van der Waals surface area contributed by atoms with Crippen LogP contribution < -0.4 is 10.0 Å². The number of benzene rings is 2. The van der Waals surface area contributed by atoms with Crippen molar-refractivity contribution >= 4 is 10.0 Å². The SMILES string of the molecule is Cc1ccc(CNCc2ccc(CS(=O)(=O)NC(C)C)cc2)cc1F. The van der Waals surface area contributed by atoms with E-state index in [1.165, 1.54) is 6.07 Å². The first-order valence-electron chi connectivity index (χ1n) is 8.29. The van der Waals surface area contributed by atoms with Gasteiger partial charge < -0.3 is 5.32 Å². The van der Waals surface area contributed by atoms with Crippen molar-refractivity contribution in [2.24, 2.45) is 0 Å². The molecule has 6 heteroatoms. The van der Waals surface area contributed by atoms with Gasteiger partial charge in [-0.15, -0.1) is 0 Å². The summed E-state index contributed by atoms with van der Waals surface area (Å²) in [5.41, 5.74) is 3.33. The van der Waals surface area contributed by atoms with E-state index in [4.69, 9.17) is 0 Å². The number of hydrogen-bond acceptors (Lipinski definition) is 3. The minimum Gasteiger partial charge on any atom is -0.309 e. The molecule has 0 saturated carbocycles. The summed E-state index contributed by atoms with van der Waals surface area (Å²) in [4.78, 5) is 0. The third-order valence-corrected chi connectivity index (χ3v) is 5.23. The Balaban J connectivity index is 1.87. The Kier molecular flexibility index (Phi) is 6.70. The summed E-state index contributed by atoms with van der Waals surface area (Å²) < 4.78 is 39.9.